The number of likely N-dealkylation sites (N-methyl/N-ethyl adjacent to an activating group) is 1. The summed E-state index contributed by atoms with van der Waals surface area (Å²) in [7, 11) is -3.32. The molecule has 2 atom stereocenters. The summed E-state index contributed by atoms with van der Waals surface area (Å²) in [5.74, 6) is 0.709. The molecule has 10 heteroatoms. The predicted molar refractivity (Wildman–Crippen MR) is 125 cm³/mol. The van der Waals surface area contributed by atoms with Gasteiger partial charge in [-0.1, -0.05) is 6.92 Å². The van der Waals surface area contributed by atoms with Crippen molar-refractivity contribution in [1.82, 2.24) is 20.3 Å². The van der Waals surface area contributed by atoms with Crippen molar-refractivity contribution in [2.45, 2.75) is 58.1 Å². The number of nitrogens with one attached hydrogen (secondary N) is 3. The van der Waals surface area contributed by atoms with Gasteiger partial charge >= 0.3 is 0 Å². The molecular weight excluding hydrogens is 493 g/mol. The minimum Gasteiger partial charge on any atom is -0.377 e. The molecular formula is C18H38IN5O3S. The molecule has 166 valence electrons. The van der Waals surface area contributed by atoms with Gasteiger partial charge in [0.1, 0.15) is 0 Å². The molecule has 3 N–H and O–H groups in total. The van der Waals surface area contributed by atoms with Crippen molar-refractivity contribution in [2.75, 3.05) is 51.6 Å². The summed E-state index contributed by atoms with van der Waals surface area (Å²) in [6, 6.07) is 0.492. The molecule has 2 aliphatic heterocycles. The Balaban J connectivity index is 0.00000392. The van der Waals surface area contributed by atoms with E-state index in [1.54, 1.807) is 0 Å². The Labute approximate surface area is 187 Å². The average Bonchev–Trinajstić information content (AvgIpc) is 3.13. The van der Waals surface area contributed by atoms with Gasteiger partial charge in [-0.15, -0.1) is 24.0 Å². The zero-order valence-electron chi connectivity index (χ0n) is 17.3. The molecule has 2 rings (SSSR count). The van der Waals surface area contributed by atoms with E-state index in [1.807, 2.05) is 6.92 Å². The molecule has 2 unspecified atom stereocenters. The van der Waals surface area contributed by atoms with Gasteiger partial charge in [0.15, 0.2) is 5.96 Å². The fourth-order valence-electron chi connectivity index (χ4n) is 3.62. The molecule has 0 aliphatic carbocycles. The second-order valence-corrected chi connectivity index (χ2v) is 9.15. The summed E-state index contributed by atoms with van der Waals surface area (Å²) in [5.41, 5.74) is 0. The molecule has 2 fully saturated rings. The van der Waals surface area contributed by atoms with Crippen LogP contribution in [-0.2, 0) is 14.8 Å². The number of aliphatic imine (C=N–C) groups is 1. The number of hydrogen-bond donors (Lipinski definition) is 3. The lowest BCUT2D eigenvalue weighted by Gasteiger charge is -2.23. The van der Waals surface area contributed by atoms with E-state index in [-0.39, 0.29) is 35.8 Å². The van der Waals surface area contributed by atoms with Gasteiger partial charge < -0.3 is 15.4 Å². The molecule has 8 nitrogen and oxygen atoms in total. The lowest BCUT2D eigenvalue weighted by atomic mass is 10.1. The SMILES string of the molecule is CCNC(=NCC1CCCN1CC)NCCS(=O)(=O)NCC1CCCCO1.I. The molecule has 2 aliphatic rings. The minimum absolute atomic E-state index is 0. The maximum atomic E-state index is 12.2. The minimum atomic E-state index is -3.32. The van der Waals surface area contributed by atoms with Crippen LogP contribution in [0.2, 0.25) is 0 Å². The third kappa shape index (κ3) is 9.55. The highest BCUT2D eigenvalue weighted by Crippen LogP contribution is 2.16. The van der Waals surface area contributed by atoms with E-state index in [1.165, 1.54) is 12.8 Å². The van der Waals surface area contributed by atoms with Crippen molar-refractivity contribution in [3.05, 3.63) is 0 Å². The molecule has 28 heavy (non-hydrogen) atoms. The van der Waals surface area contributed by atoms with Crippen LogP contribution in [-0.4, -0.2) is 83.1 Å². The summed E-state index contributed by atoms with van der Waals surface area (Å²) >= 11 is 0. The quantitative estimate of drug-likeness (QED) is 0.222. The van der Waals surface area contributed by atoms with Crippen LogP contribution in [0.1, 0.15) is 46.0 Å². The van der Waals surface area contributed by atoms with Crippen LogP contribution in [0.25, 0.3) is 0 Å². The third-order valence-corrected chi connectivity index (χ3v) is 6.53. The average molecular weight is 532 g/mol. The second kappa shape index (κ2) is 13.9. The van der Waals surface area contributed by atoms with Gasteiger partial charge in [0.25, 0.3) is 0 Å². The fraction of sp³-hybridized carbons (Fsp3) is 0.944. The Hall–Kier alpha value is -0.170. The third-order valence-electron chi connectivity index (χ3n) is 5.18. The van der Waals surface area contributed by atoms with Crippen molar-refractivity contribution in [3.63, 3.8) is 0 Å². The van der Waals surface area contributed by atoms with Gasteiger partial charge in [0, 0.05) is 32.3 Å². The molecule has 0 amide bonds. The van der Waals surface area contributed by atoms with Gasteiger partial charge in [-0.3, -0.25) is 9.89 Å². The van der Waals surface area contributed by atoms with Crippen LogP contribution in [0.4, 0.5) is 0 Å². The van der Waals surface area contributed by atoms with E-state index in [4.69, 9.17) is 4.74 Å². The van der Waals surface area contributed by atoms with E-state index in [9.17, 15) is 8.42 Å². The normalized spacial score (nSPS) is 24.0. The number of rotatable bonds is 10. The number of sulfonamides is 1. The van der Waals surface area contributed by atoms with Gasteiger partial charge in [-0.25, -0.2) is 13.1 Å². The van der Waals surface area contributed by atoms with Crippen molar-refractivity contribution in [3.8, 4) is 0 Å². The van der Waals surface area contributed by atoms with Gasteiger partial charge in [0.2, 0.25) is 10.0 Å². The van der Waals surface area contributed by atoms with E-state index < -0.39 is 10.0 Å². The first-order valence-corrected chi connectivity index (χ1v) is 12.0. The molecule has 0 aromatic carbocycles. The van der Waals surface area contributed by atoms with Gasteiger partial charge in [0.05, 0.1) is 18.4 Å². The Morgan fingerprint density at radius 2 is 2.00 bits per heavy atom. The van der Waals surface area contributed by atoms with Crippen molar-refractivity contribution < 1.29 is 13.2 Å². The highest BCUT2D eigenvalue weighted by molar-refractivity contribution is 14.0. The zero-order chi connectivity index (χ0) is 19.5. The summed E-state index contributed by atoms with van der Waals surface area (Å²) < 4.78 is 32.6. The first-order chi connectivity index (χ1) is 13.0. The molecule has 2 saturated heterocycles. The maximum Gasteiger partial charge on any atom is 0.213 e. The summed E-state index contributed by atoms with van der Waals surface area (Å²) in [6.07, 6.45) is 5.51. The summed E-state index contributed by atoms with van der Waals surface area (Å²) in [5, 5.41) is 6.34. The standard InChI is InChI=1S/C18H37N5O3S.HI/c1-3-19-18(21-14-16-8-7-11-23(16)4-2)20-10-13-27(24,25)22-15-17-9-5-6-12-26-17;/h16-17,22H,3-15H2,1-2H3,(H2,19,20,21);1H. The largest absolute Gasteiger partial charge is 0.377 e. The molecule has 0 spiro atoms. The van der Waals surface area contributed by atoms with Gasteiger partial charge in [-0.2, -0.15) is 0 Å². The first kappa shape index (κ1) is 25.9. The molecule has 0 saturated carbocycles. The van der Waals surface area contributed by atoms with Crippen molar-refractivity contribution in [2.24, 2.45) is 4.99 Å². The maximum absolute atomic E-state index is 12.2. The number of guanidine groups is 1. The van der Waals surface area contributed by atoms with E-state index >= 15 is 0 Å². The van der Waals surface area contributed by atoms with Crippen molar-refractivity contribution in [1.29, 1.82) is 0 Å². The first-order valence-electron chi connectivity index (χ1n) is 10.4. The molecule has 0 radical (unpaired) electrons. The van der Waals surface area contributed by atoms with Crippen LogP contribution < -0.4 is 15.4 Å². The lowest BCUT2D eigenvalue weighted by molar-refractivity contribution is 0.0200. The molecule has 0 bridgehead atoms. The zero-order valence-corrected chi connectivity index (χ0v) is 20.4. The van der Waals surface area contributed by atoms with Gasteiger partial charge in [-0.05, 0) is 52.1 Å². The second-order valence-electron chi connectivity index (χ2n) is 7.23. The molecule has 2 heterocycles. The number of halogens is 1. The van der Waals surface area contributed by atoms with E-state index in [0.717, 1.165) is 52.0 Å². The van der Waals surface area contributed by atoms with Crippen LogP contribution in [0.5, 0.6) is 0 Å². The summed E-state index contributed by atoms with van der Waals surface area (Å²) in [4.78, 5) is 7.10. The molecule has 0 aromatic heterocycles. The highest BCUT2D eigenvalue weighted by Gasteiger charge is 2.22. The van der Waals surface area contributed by atoms with E-state index in [2.05, 4.69) is 32.2 Å². The van der Waals surface area contributed by atoms with Crippen LogP contribution in [0.3, 0.4) is 0 Å². The Bertz CT molecular complexity index is 555. The number of hydrogen-bond acceptors (Lipinski definition) is 5. The monoisotopic (exact) mass is 531 g/mol. The number of likely N-dealkylation sites (tertiary alicyclic amines) is 1. The Kier molecular flexibility index (Phi) is 12.9. The fourth-order valence-corrected chi connectivity index (χ4v) is 4.58. The van der Waals surface area contributed by atoms with Crippen LogP contribution in [0, 0.1) is 0 Å². The van der Waals surface area contributed by atoms with Crippen LogP contribution >= 0.6 is 24.0 Å². The smallest absolute Gasteiger partial charge is 0.213 e. The summed E-state index contributed by atoms with van der Waals surface area (Å²) in [6.45, 7) is 9.31. The highest BCUT2D eigenvalue weighted by atomic mass is 127. The number of nitrogens with zero attached hydrogens (tertiary/aromatic N) is 2. The molecule has 0 aromatic rings. The van der Waals surface area contributed by atoms with E-state index in [0.29, 0.717) is 25.1 Å². The Morgan fingerprint density at radius 1 is 1.18 bits per heavy atom. The Morgan fingerprint density at radius 3 is 2.68 bits per heavy atom. The topological polar surface area (TPSA) is 95.1 Å². The van der Waals surface area contributed by atoms with Crippen molar-refractivity contribution >= 4 is 40.0 Å². The predicted octanol–water partition coefficient (Wildman–Crippen LogP) is 1.13. The number of ether oxygens (including phenoxy) is 1. The van der Waals surface area contributed by atoms with Crippen LogP contribution in [0.15, 0.2) is 4.99 Å². The lowest BCUT2D eigenvalue weighted by Crippen LogP contribution is -2.43.